The van der Waals surface area contributed by atoms with Gasteiger partial charge in [-0.3, -0.25) is 0 Å². The van der Waals surface area contributed by atoms with E-state index in [-0.39, 0.29) is 0 Å². The molecule has 1 saturated carbocycles. The summed E-state index contributed by atoms with van der Waals surface area (Å²) in [6.45, 7) is 4.06. The molecule has 1 atom stereocenters. The first-order valence-electron chi connectivity index (χ1n) is 7.14. The van der Waals surface area contributed by atoms with Gasteiger partial charge in [-0.2, -0.15) is 0 Å². The molecule has 1 fully saturated rings. The van der Waals surface area contributed by atoms with E-state index >= 15 is 0 Å². The summed E-state index contributed by atoms with van der Waals surface area (Å²) in [6.07, 6.45) is 5.99. The molecule has 0 saturated heterocycles. The summed E-state index contributed by atoms with van der Waals surface area (Å²) in [4.78, 5) is 0. The van der Waals surface area contributed by atoms with Crippen LogP contribution in [0.4, 0.5) is 0 Å². The highest BCUT2D eigenvalue weighted by Gasteiger charge is 2.22. The average Bonchev–Trinajstić information content (AvgIpc) is 2.40. The van der Waals surface area contributed by atoms with Crippen LogP contribution in [0.3, 0.4) is 0 Å². The molecule has 1 aliphatic rings. The smallest absolute Gasteiger partial charge is 0.125 e. The van der Waals surface area contributed by atoms with Gasteiger partial charge < -0.3 is 9.84 Å². The third kappa shape index (κ3) is 3.26. The second kappa shape index (κ2) is 6.24. The highest BCUT2D eigenvalue weighted by Crippen LogP contribution is 2.32. The van der Waals surface area contributed by atoms with E-state index in [9.17, 15) is 5.11 Å². The van der Waals surface area contributed by atoms with E-state index in [4.69, 9.17) is 4.74 Å². The maximum Gasteiger partial charge on any atom is 0.125 e. The number of para-hydroxylation sites is 1. The van der Waals surface area contributed by atoms with Crippen LogP contribution in [-0.4, -0.2) is 11.2 Å². The van der Waals surface area contributed by atoms with Gasteiger partial charge in [-0.25, -0.2) is 0 Å². The van der Waals surface area contributed by atoms with Crippen LogP contribution in [0.15, 0.2) is 24.3 Å². The lowest BCUT2D eigenvalue weighted by molar-refractivity contribution is 0.122. The molecule has 100 valence electrons. The molecule has 18 heavy (non-hydrogen) atoms. The molecule has 1 aromatic rings. The summed E-state index contributed by atoms with van der Waals surface area (Å²) in [5, 5.41) is 9.73. The molecule has 0 amide bonds. The van der Waals surface area contributed by atoms with E-state index < -0.39 is 6.10 Å². The number of aliphatic hydroxyl groups excluding tert-OH is 1. The molecule has 1 aliphatic carbocycles. The van der Waals surface area contributed by atoms with Crippen molar-refractivity contribution in [1.29, 1.82) is 0 Å². The van der Waals surface area contributed by atoms with Crippen molar-refractivity contribution in [1.82, 2.24) is 0 Å². The minimum absolute atomic E-state index is 0.327. The Bertz CT molecular complexity index is 365. The van der Waals surface area contributed by atoms with Crippen molar-refractivity contribution in [2.45, 2.75) is 58.2 Å². The van der Waals surface area contributed by atoms with Gasteiger partial charge in [-0.15, -0.1) is 0 Å². The third-order valence-electron chi connectivity index (χ3n) is 4.03. The van der Waals surface area contributed by atoms with Gasteiger partial charge in [0.15, 0.2) is 0 Å². The minimum Gasteiger partial charge on any atom is -0.490 e. The summed E-state index contributed by atoms with van der Waals surface area (Å²) < 4.78 is 6.08. The molecule has 0 aromatic heterocycles. The Balaban J connectivity index is 1.98. The summed E-state index contributed by atoms with van der Waals surface area (Å²) in [6, 6.07) is 7.83. The van der Waals surface area contributed by atoms with Gasteiger partial charge in [-0.1, -0.05) is 31.5 Å². The fourth-order valence-electron chi connectivity index (χ4n) is 2.77. The van der Waals surface area contributed by atoms with Crippen molar-refractivity contribution in [3.63, 3.8) is 0 Å². The van der Waals surface area contributed by atoms with Crippen molar-refractivity contribution in [2.75, 3.05) is 0 Å². The molecule has 2 heteroatoms. The van der Waals surface area contributed by atoms with Crippen LogP contribution >= 0.6 is 0 Å². The standard InChI is InChI=1S/C16H24O2/c1-3-13-8-10-14(11-9-13)18-16-7-5-4-6-15(16)12(2)17/h4-7,12-14,17H,3,8-11H2,1-2H3. The number of ether oxygens (including phenoxy) is 1. The molecule has 1 unspecified atom stereocenters. The lowest BCUT2D eigenvalue weighted by atomic mass is 9.86. The minimum atomic E-state index is -0.465. The predicted octanol–water partition coefficient (Wildman–Crippen LogP) is 4.09. The topological polar surface area (TPSA) is 29.5 Å². The van der Waals surface area contributed by atoms with E-state index in [0.717, 1.165) is 30.1 Å². The molecule has 0 bridgehead atoms. The van der Waals surface area contributed by atoms with E-state index in [1.54, 1.807) is 6.92 Å². The highest BCUT2D eigenvalue weighted by molar-refractivity contribution is 5.34. The molecular formula is C16H24O2. The first kappa shape index (κ1) is 13.4. The Morgan fingerprint density at radius 2 is 1.89 bits per heavy atom. The first-order chi connectivity index (χ1) is 8.70. The average molecular weight is 248 g/mol. The zero-order valence-electron chi connectivity index (χ0n) is 11.4. The summed E-state index contributed by atoms with van der Waals surface area (Å²) in [5.74, 6) is 1.74. The number of rotatable bonds is 4. The van der Waals surface area contributed by atoms with Gasteiger partial charge in [0, 0.05) is 5.56 Å². The first-order valence-corrected chi connectivity index (χ1v) is 7.14. The van der Waals surface area contributed by atoms with Gasteiger partial charge in [0.25, 0.3) is 0 Å². The molecule has 1 aromatic carbocycles. The predicted molar refractivity (Wildman–Crippen MR) is 73.7 cm³/mol. The summed E-state index contributed by atoms with van der Waals surface area (Å²) in [5.41, 5.74) is 0.898. The normalized spacial score (nSPS) is 25.7. The zero-order chi connectivity index (χ0) is 13.0. The quantitative estimate of drug-likeness (QED) is 0.869. The number of benzene rings is 1. The molecule has 2 nitrogen and oxygen atoms in total. The maximum atomic E-state index is 9.73. The number of aliphatic hydroxyl groups is 1. The molecule has 2 rings (SSSR count). The van der Waals surface area contributed by atoms with Crippen LogP contribution in [0.25, 0.3) is 0 Å². The van der Waals surface area contributed by atoms with E-state index in [1.807, 2.05) is 24.3 Å². The SMILES string of the molecule is CCC1CCC(Oc2ccccc2C(C)O)CC1. The second-order valence-corrected chi connectivity index (χ2v) is 5.38. The number of hydrogen-bond donors (Lipinski definition) is 1. The van der Waals surface area contributed by atoms with E-state index in [1.165, 1.54) is 19.3 Å². The van der Waals surface area contributed by atoms with Crippen molar-refractivity contribution < 1.29 is 9.84 Å². The van der Waals surface area contributed by atoms with Gasteiger partial charge in [0.05, 0.1) is 12.2 Å². The third-order valence-corrected chi connectivity index (χ3v) is 4.03. The Hall–Kier alpha value is -1.02. The van der Waals surface area contributed by atoms with Crippen LogP contribution in [0, 0.1) is 5.92 Å². The van der Waals surface area contributed by atoms with Gasteiger partial charge in [0.1, 0.15) is 5.75 Å². The zero-order valence-corrected chi connectivity index (χ0v) is 11.4. The largest absolute Gasteiger partial charge is 0.490 e. The van der Waals surface area contributed by atoms with E-state index in [2.05, 4.69) is 6.92 Å². The van der Waals surface area contributed by atoms with Gasteiger partial charge >= 0.3 is 0 Å². The van der Waals surface area contributed by atoms with Crippen molar-refractivity contribution in [3.05, 3.63) is 29.8 Å². The van der Waals surface area contributed by atoms with Crippen LogP contribution in [0.1, 0.15) is 57.6 Å². The highest BCUT2D eigenvalue weighted by atomic mass is 16.5. The molecule has 0 radical (unpaired) electrons. The van der Waals surface area contributed by atoms with Crippen LogP contribution < -0.4 is 4.74 Å². The second-order valence-electron chi connectivity index (χ2n) is 5.38. The number of hydrogen-bond acceptors (Lipinski definition) is 2. The molecule has 1 N–H and O–H groups in total. The Kier molecular flexibility index (Phi) is 4.65. The van der Waals surface area contributed by atoms with Crippen LogP contribution in [0.5, 0.6) is 5.75 Å². The summed E-state index contributed by atoms with van der Waals surface area (Å²) in [7, 11) is 0. The van der Waals surface area contributed by atoms with Gasteiger partial charge in [0.2, 0.25) is 0 Å². The molecule has 0 heterocycles. The van der Waals surface area contributed by atoms with E-state index in [0.29, 0.717) is 6.10 Å². The lowest BCUT2D eigenvalue weighted by Crippen LogP contribution is -2.24. The van der Waals surface area contributed by atoms with Crippen molar-refractivity contribution in [3.8, 4) is 5.75 Å². The Labute approximate surface area is 110 Å². The fraction of sp³-hybridized carbons (Fsp3) is 0.625. The lowest BCUT2D eigenvalue weighted by Gasteiger charge is -2.29. The summed E-state index contributed by atoms with van der Waals surface area (Å²) >= 11 is 0. The maximum absolute atomic E-state index is 9.73. The van der Waals surface area contributed by atoms with Crippen molar-refractivity contribution >= 4 is 0 Å². The van der Waals surface area contributed by atoms with Crippen molar-refractivity contribution in [2.24, 2.45) is 5.92 Å². The van der Waals surface area contributed by atoms with Crippen LogP contribution in [-0.2, 0) is 0 Å². The molecule has 0 aliphatic heterocycles. The monoisotopic (exact) mass is 248 g/mol. The van der Waals surface area contributed by atoms with Gasteiger partial charge in [-0.05, 0) is 44.6 Å². The Morgan fingerprint density at radius 1 is 1.22 bits per heavy atom. The molecule has 0 spiro atoms. The van der Waals surface area contributed by atoms with Crippen LogP contribution in [0.2, 0.25) is 0 Å². The Morgan fingerprint density at radius 3 is 2.50 bits per heavy atom. The fourth-order valence-corrected chi connectivity index (χ4v) is 2.77. The molecular weight excluding hydrogens is 224 g/mol.